The van der Waals surface area contributed by atoms with Gasteiger partial charge in [0.1, 0.15) is 11.8 Å². The van der Waals surface area contributed by atoms with Crippen LogP contribution in [-0.4, -0.2) is 34.5 Å². The Balaban J connectivity index is 1.87. The largest absolute Gasteiger partial charge is 0.496 e. The molecule has 4 rings (SSSR count). The monoisotopic (exact) mass is 424 g/mol. The highest BCUT2D eigenvalue weighted by atomic mass is 35.5. The highest BCUT2D eigenvalue weighted by molar-refractivity contribution is 6.30. The van der Waals surface area contributed by atoms with E-state index >= 15 is 0 Å². The lowest BCUT2D eigenvalue weighted by molar-refractivity contribution is -0.139. The summed E-state index contributed by atoms with van der Waals surface area (Å²) in [6, 6.07) is 14.3. The summed E-state index contributed by atoms with van der Waals surface area (Å²) in [6.07, 6.45) is 0. The number of aromatic nitrogens is 3. The van der Waals surface area contributed by atoms with Gasteiger partial charge in [-0.2, -0.15) is 4.98 Å². The summed E-state index contributed by atoms with van der Waals surface area (Å²) < 4.78 is 12.5. The number of halogens is 1. The second-order valence-corrected chi connectivity index (χ2v) is 7.18. The summed E-state index contributed by atoms with van der Waals surface area (Å²) in [5.74, 6) is 1.29. The first kappa shape index (κ1) is 20.0. The lowest BCUT2D eigenvalue weighted by atomic mass is 9.96. The summed E-state index contributed by atoms with van der Waals surface area (Å²) >= 11 is 6.08. The number of ether oxygens (including phenoxy) is 2. The summed E-state index contributed by atoms with van der Waals surface area (Å²) in [4.78, 5) is 17.5. The minimum atomic E-state index is -0.506. The van der Waals surface area contributed by atoms with Gasteiger partial charge in [0.15, 0.2) is 5.82 Å². The molecule has 3 aromatic rings. The molecule has 0 fully saturated rings. The van der Waals surface area contributed by atoms with E-state index in [1.54, 1.807) is 30.8 Å². The topological polar surface area (TPSA) is 78.3 Å². The quantitative estimate of drug-likeness (QED) is 0.609. The van der Waals surface area contributed by atoms with Gasteiger partial charge >= 0.3 is 5.97 Å². The molecule has 1 aromatic heterocycles. The first-order chi connectivity index (χ1) is 14.5. The van der Waals surface area contributed by atoms with Crippen LogP contribution in [0.3, 0.4) is 0 Å². The molecular formula is C22H21ClN4O3. The molecule has 0 saturated carbocycles. The van der Waals surface area contributed by atoms with Gasteiger partial charge in [-0.3, -0.25) is 0 Å². The lowest BCUT2D eigenvalue weighted by Gasteiger charge is -2.28. The van der Waals surface area contributed by atoms with E-state index in [0.29, 0.717) is 33.8 Å². The Morgan fingerprint density at radius 2 is 1.93 bits per heavy atom. The van der Waals surface area contributed by atoms with Crippen molar-refractivity contribution in [2.75, 3.05) is 19.0 Å². The van der Waals surface area contributed by atoms with Gasteiger partial charge in [-0.1, -0.05) is 35.9 Å². The van der Waals surface area contributed by atoms with E-state index in [0.717, 1.165) is 11.1 Å². The minimum Gasteiger partial charge on any atom is -0.496 e. The molecule has 1 atom stereocenters. The Morgan fingerprint density at radius 3 is 2.63 bits per heavy atom. The van der Waals surface area contributed by atoms with E-state index in [1.165, 1.54) is 0 Å². The Kier molecular flexibility index (Phi) is 5.46. The molecule has 7 nitrogen and oxygen atoms in total. The number of hydrogen-bond donors (Lipinski definition) is 1. The van der Waals surface area contributed by atoms with Crippen molar-refractivity contribution in [1.29, 1.82) is 0 Å². The maximum Gasteiger partial charge on any atom is 0.338 e. The van der Waals surface area contributed by atoms with Gasteiger partial charge < -0.3 is 14.8 Å². The first-order valence-corrected chi connectivity index (χ1v) is 9.91. The molecule has 1 aliphatic rings. The molecule has 0 radical (unpaired) electrons. The Morgan fingerprint density at radius 1 is 1.20 bits per heavy atom. The number of rotatable bonds is 5. The molecule has 1 unspecified atom stereocenters. The molecule has 2 heterocycles. The molecular weight excluding hydrogens is 404 g/mol. The first-order valence-electron chi connectivity index (χ1n) is 9.53. The number of anilines is 1. The lowest BCUT2D eigenvalue weighted by Crippen LogP contribution is -2.29. The number of fused-ring (bicyclic) bond motifs is 1. The predicted octanol–water partition coefficient (Wildman–Crippen LogP) is 4.46. The van der Waals surface area contributed by atoms with Crippen LogP contribution in [0.15, 0.2) is 59.8 Å². The Bertz CT molecular complexity index is 1120. The van der Waals surface area contributed by atoms with Crippen molar-refractivity contribution >= 4 is 23.5 Å². The van der Waals surface area contributed by atoms with Crippen molar-refractivity contribution < 1.29 is 14.3 Å². The van der Waals surface area contributed by atoms with Crippen LogP contribution >= 0.6 is 11.6 Å². The van der Waals surface area contributed by atoms with Crippen LogP contribution in [0.25, 0.3) is 11.4 Å². The number of methoxy groups -OCH3 is 1. The fourth-order valence-electron chi connectivity index (χ4n) is 3.52. The normalized spacial score (nSPS) is 15.4. The van der Waals surface area contributed by atoms with Gasteiger partial charge in [0.25, 0.3) is 0 Å². The number of nitrogens with zero attached hydrogens (tertiary/aromatic N) is 3. The molecule has 1 N–H and O–H groups in total. The van der Waals surface area contributed by atoms with Crippen LogP contribution < -0.4 is 10.1 Å². The summed E-state index contributed by atoms with van der Waals surface area (Å²) in [5.41, 5.74) is 2.75. The van der Waals surface area contributed by atoms with Crippen molar-refractivity contribution in [3.63, 3.8) is 0 Å². The van der Waals surface area contributed by atoms with Gasteiger partial charge in [-0.25, -0.2) is 9.48 Å². The smallest absolute Gasteiger partial charge is 0.338 e. The van der Waals surface area contributed by atoms with Crippen molar-refractivity contribution in [3.05, 3.63) is 70.4 Å². The molecule has 1 aliphatic heterocycles. The standard InChI is InChI=1S/C22H21ClN4O3/c1-4-30-21(28)18-13(2)24-22-25-20(16-7-5-6-8-17(16)29-3)26-27(22)19(18)14-9-11-15(23)12-10-14/h5-12,19H,4H2,1-3H3,(H,24,25,26). The Labute approximate surface area is 179 Å². The second-order valence-electron chi connectivity index (χ2n) is 6.74. The third-order valence-electron chi connectivity index (χ3n) is 4.88. The van der Waals surface area contributed by atoms with Crippen LogP contribution in [0.2, 0.25) is 5.02 Å². The molecule has 30 heavy (non-hydrogen) atoms. The number of carbonyl (C=O) groups excluding carboxylic acids is 1. The van der Waals surface area contributed by atoms with Crippen molar-refractivity contribution in [2.45, 2.75) is 19.9 Å². The average molecular weight is 425 g/mol. The molecule has 0 saturated heterocycles. The average Bonchev–Trinajstić information content (AvgIpc) is 3.17. The zero-order valence-corrected chi connectivity index (χ0v) is 17.6. The fourth-order valence-corrected chi connectivity index (χ4v) is 3.65. The van der Waals surface area contributed by atoms with E-state index in [2.05, 4.69) is 10.3 Å². The second kappa shape index (κ2) is 8.20. The molecule has 0 aliphatic carbocycles. The van der Waals surface area contributed by atoms with Gasteiger partial charge in [0, 0.05) is 10.7 Å². The third kappa shape index (κ3) is 3.52. The number of allylic oxidation sites excluding steroid dienone is 1. The molecule has 8 heteroatoms. The van der Waals surface area contributed by atoms with Crippen LogP contribution in [0, 0.1) is 0 Å². The molecule has 2 aromatic carbocycles. The number of carbonyl (C=O) groups is 1. The Hall–Kier alpha value is -3.32. The molecule has 0 bridgehead atoms. The number of nitrogens with one attached hydrogen (secondary N) is 1. The predicted molar refractivity (Wildman–Crippen MR) is 115 cm³/mol. The number of para-hydroxylation sites is 1. The zero-order chi connectivity index (χ0) is 21.3. The van der Waals surface area contributed by atoms with Gasteiger partial charge in [0.2, 0.25) is 5.95 Å². The zero-order valence-electron chi connectivity index (χ0n) is 16.8. The van der Waals surface area contributed by atoms with Crippen molar-refractivity contribution in [2.24, 2.45) is 0 Å². The van der Waals surface area contributed by atoms with Gasteiger partial charge in [0.05, 0.1) is 24.9 Å². The third-order valence-corrected chi connectivity index (χ3v) is 5.13. The molecule has 154 valence electrons. The van der Waals surface area contributed by atoms with E-state index in [1.807, 2.05) is 43.3 Å². The van der Waals surface area contributed by atoms with Crippen LogP contribution in [0.5, 0.6) is 5.75 Å². The van der Waals surface area contributed by atoms with E-state index in [9.17, 15) is 4.79 Å². The van der Waals surface area contributed by atoms with E-state index < -0.39 is 12.0 Å². The van der Waals surface area contributed by atoms with E-state index in [4.69, 9.17) is 26.2 Å². The SMILES string of the molecule is CCOC(=O)C1=C(C)Nc2nc(-c3ccccc3OC)nn2C1c1ccc(Cl)cc1. The number of hydrogen-bond acceptors (Lipinski definition) is 6. The molecule has 0 amide bonds. The maximum atomic E-state index is 12.8. The van der Waals surface area contributed by atoms with E-state index in [-0.39, 0.29) is 6.61 Å². The summed E-state index contributed by atoms with van der Waals surface area (Å²) in [5, 5.41) is 8.53. The fraction of sp³-hybridized carbons (Fsp3) is 0.227. The summed E-state index contributed by atoms with van der Waals surface area (Å²) in [7, 11) is 1.61. The van der Waals surface area contributed by atoms with Crippen LogP contribution in [0.1, 0.15) is 25.5 Å². The summed E-state index contributed by atoms with van der Waals surface area (Å²) in [6.45, 7) is 3.89. The highest BCUT2D eigenvalue weighted by Crippen LogP contribution is 2.38. The maximum absolute atomic E-state index is 12.8. The van der Waals surface area contributed by atoms with Crippen molar-refractivity contribution in [1.82, 2.24) is 14.8 Å². The van der Waals surface area contributed by atoms with Crippen molar-refractivity contribution in [3.8, 4) is 17.1 Å². The van der Waals surface area contributed by atoms with Crippen LogP contribution in [-0.2, 0) is 9.53 Å². The van der Waals surface area contributed by atoms with Gasteiger partial charge in [-0.15, -0.1) is 5.10 Å². The minimum absolute atomic E-state index is 0.277. The van der Waals surface area contributed by atoms with Gasteiger partial charge in [-0.05, 0) is 43.7 Å². The number of benzene rings is 2. The van der Waals surface area contributed by atoms with Crippen LogP contribution in [0.4, 0.5) is 5.95 Å². The number of esters is 1. The highest BCUT2D eigenvalue weighted by Gasteiger charge is 2.35. The molecule has 0 spiro atoms.